The van der Waals surface area contributed by atoms with Crippen molar-refractivity contribution in [2.24, 2.45) is 0 Å². The summed E-state index contributed by atoms with van der Waals surface area (Å²) < 4.78 is 25.5. The van der Waals surface area contributed by atoms with Gasteiger partial charge < -0.3 is 5.11 Å². The van der Waals surface area contributed by atoms with Crippen LogP contribution in [0.1, 0.15) is 16.3 Å². The molecule has 128 valence electrons. The number of nitrogens with one attached hydrogen (secondary N) is 1. The van der Waals surface area contributed by atoms with Crippen LogP contribution in [0.5, 0.6) is 0 Å². The first-order chi connectivity index (χ1) is 11.9. The zero-order valence-electron chi connectivity index (χ0n) is 12.2. The SMILES string of the molecule is O=C(C=C(O)c1nn[nH]n1)c1ccn(S(=O)(=O)c2ccc(Cl)cc2)n1. The summed E-state index contributed by atoms with van der Waals surface area (Å²) >= 11 is 5.74. The van der Waals surface area contributed by atoms with E-state index in [0.717, 1.165) is 12.3 Å². The van der Waals surface area contributed by atoms with Gasteiger partial charge in [-0.05, 0) is 35.5 Å². The van der Waals surface area contributed by atoms with Crippen molar-refractivity contribution in [1.82, 2.24) is 29.8 Å². The third-order valence-electron chi connectivity index (χ3n) is 3.02. The summed E-state index contributed by atoms with van der Waals surface area (Å²) in [5.41, 5.74) is -0.187. The Morgan fingerprint density at radius 2 is 1.96 bits per heavy atom. The lowest BCUT2D eigenvalue weighted by molar-refractivity contribution is 0.104. The van der Waals surface area contributed by atoms with Crippen LogP contribution < -0.4 is 0 Å². The van der Waals surface area contributed by atoms with Crippen LogP contribution in [0.25, 0.3) is 5.76 Å². The van der Waals surface area contributed by atoms with Crippen LogP contribution in [0.4, 0.5) is 0 Å². The monoisotopic (exact) mass is 380 g/mol. The van der Waals surface area contributed by atoms with Crippen LogP contribution in [0, 0.1) is 0 Å². The van der Waals surface area contributed by atoms with E-state index in [1.54, 1.807) is 0 Å². The van der Waals surface area contributed by atoms with Crippen molar-refractivity contribution >= 4 is 33.2 Å². The summed E-state index contributed by atoms with van der Waals surface area (Å²) in [6.07, 6.45) is 1.93. The van der Waals surface area contributed by atoms with E-state index in [2.05, 4.69) is 25.7 Å². The number of hydrogen-bond acceptors (Lipinski definition) is 8. The molecule has 0 saturated heterocycles. The summed E-state index contributed by atoms with van der Waals surface area (Å²) in [6, 6.07) is 6.70. The molecule has 3 rings (SSSR count). The number of carbonyl (C=O) groups is 1. The number of rotatable bonds is 5. The summed E-state index contributed by atoms with van der Waals surface area (Å²) in [6.45, 7) is 0. The van der Waals surface area contributed by atoms with E-state index in [1.165, 1.54) is 30.3 Å². The molecule has 2 N–H and O–H groups in total. The molecule has 12 heteroatoms. The van der Waals surface area contributed by atoms with E-state index in [0.29, 0.717) is 9.11 Å². The van der Waals surface area contributed by atoms with Gasteiger partial charge in [-0.25, -0.2) is 0 Å². The molecule has 3 aromatic rings. The summed E-state index contributed by atoms with van der Waals surface area (Å²) in [4.78, 5) is 12.0. The standard InChI is InChI=1S/C13H9ClN6O4S/c14-8-1-3-9(4-2-8)25(23,24)20-6-5-10(17-20)11(21)7-12(22)13-15-18-19-16-13/h1-7,22H,(H,15,16,18,19). The number of aliphatic hydroxyl groups is 1. The number of tetrazole rings is 1. The maximum absolute atomic E-state index is 12.4. The van der Waals surface area contributed by atoms with Gasteiger partial charge in [-0.15, -0.1) is 10.2 Å². The minimum atomic E-state index is -3.97. The van der Waals surface area contributed by atoms with Gasteiger partial charge in [-0.2, -0.15) is 22.8 Å². The van der Waals surface area contributed by atoms with Gasteiger partial charge in [0.25, 0.3) is 10.0 Å². The van der Waals surface area contributed by atoms with Crippen LogP contribution in [0.2, 0.25) is 5.02 Å². The molecule has 0 saturated carbocycles. The lowest BCUT2D eigenvalue weighted by Crippen LogP contribution is -2.14. The first kappa shape index (κ1) is 16.8. The number of hydrogen-bond donors (Lipinski definition) is 2. The molecule has 0 fully saturated rings. The van der Waals surface area contributed by atoms with Crippen molar-refractivity contribution < 1.29 is 18.3 Å². The Kier molecular flexibility index (Phi) is 4.33. The lowest BCUT2D eigenvalue weighted by Gasteiger charge is -2.03. The number of halogens is 1. The quantitative estimate of drug-likeness (QED) is 0.380. The van der Waals surface area contributed by atoms with Crippen LogP contribution >= 0.6 is 11.6 Å². The second-order valence-corrected chi connectivity index (χ2v) is 6.89. The Morgan fingerprint density at radius 1 is 1.24 bits per heavy atom. The second kappa shape index (κ2) is 6.45. The maximum atomic E-state index is 12.4. The Labute approximate surface area is 145 Å². The molecule has 0 aliphatic heterocycles. The molecule has 10 nitrogen and oxygen atoms in total. The van der Waals surface area contributed by atoms with E-state index in [4.69, 9.17) is 11.6 Å². The summed E-state index contributed by atoms with van der Waals surface area (Å²) in [7, 11) is -3.97. The van der Waals surface area contributed by atoms with Gasteiger partial charge in [0.15, 0.2) is 5.76 Å². The van der Waals surface area contributed by atoms with Gasteiger partial charge in [0.1, 0.15) is 5.69 Å². The molecule has 2 aromatic heterocycles. The highest BCUT2D eigenvalue weighted by atomic mass is 35.5. The Bertz CT molecular complexity index is 1040. The Morgan fingerprint density at radius 3 is 2.60 bits per heavy atom. The number of aromatic amines is 1. The predicted octanol–water partition coefficient (Wildman–Crippen LogP) is 1.07. The number of H-pyrrole nitrogens is 1. The van der Waals surface area contributed by atoms with Crippen LogP contribution in [0.3, 0.4) is 0 Å². The highest BCUT2D eigenvalue weighted by Crippen LogP contribution is 2.17. The number of aromatic nitrogens is 6. The third kappa shape index (κ3) is 3.41. The van der Waals surface area contributed by atoms with Gasteiger partial charge in [0.05, 0.1) is 4.90 Å². The molecule has 0 amide bonds. The number of allylic oxidation sites excluding steroid dienone is 1. The largest absolute Gasteiger partial charge is 0.504 e. The zero-order valence-corrected chi connectivity index (χ0v) is 13.8. The van der Waals surface area contributed by atoms with Crippen molar-refractivity contribution in [2.45, 2.75) is 4.90 Å². The van der Waals surface area contributed by atoms with Crippen molar-refractivity contribution in [1.29, 1.82) is 0 Å². The predicted molar refractivity (Wildman–Crippen MR) is 85.4 cm³/mol. The van der Waals surface area contributed by atoms with Crippen molar-refractivity contribution in [2.75, 3.05) is 0 Å². The molecule has 25 heavy (non-hydrogen) atoms. The molecular weight excluding hydrogens is 372 g/mol. The number of nitrogens with zero attached hydrogens (tertiary/aromatic N) is 5. The molecule has 0 atom stereocenters. The number of carbonyl (C=O) groups excluding carboxylic acids is 1. The van der Waals surface area contributed by atoms with Crippen LogP contribution in [0.15, 0.2) is 47.5 Å². The van der Waals surface area contributed by atoms with Gasteiger partial charge in [-0.3, -0.25) is 4.79 Å². The van der Waals surface area contributed by atoms with E-state index >= 15 is 0 Å². The van der Waals surface area contributed by atoms with Crippen LogP contribution in [-0.2, 0) is 10.0 Å². The molecule has 0 aliphatic rings. The van der Waals surface area contributed by atoms with Crippen molar-refractivity contribution in [3.63, 3.8) is 0 Å². The Balaban J connectivity index is 1.88. The molecule has 2 heterocycles. The van der Waals surface area contributed by atoms with Gasteiger partial charge in [-0.1, -0.05) is 11.6 Å². The highest BCUT2D eigenvalue weighted by molar-refractivity contribution is 7.89. The van der Waals surface area contributed by atoms with E-state index in [-0.39, 0.29) is 16.4 Å². The van der Waals surface area contributed by atoms with Crippen molar-refractivity contribution in [3.8, 4) is 0 Å². The fourth-order valence-electron chi connectivity index (χ4n) is 1.82. The molecule has 1 aromatic carbocycles. The minimum absolute atomic E-state index is 0.0378. The average molecular weight is 381 g/mol. The third-order valence-corrected chi connectivity index (χ3v) is 4.83. The first-order valence-electron chi connectivity index (χ1n) is 6.63. The smallest absolute Gasteiger partial charge is 0.282 e. The molecule has 0 bridgehead atoms. The van der Waals surface area contributed by atoms with E-state index < -0.39 is 21.6 Å². The summed E-state index contributed by atoms with van der Waals surface area (Å²) in [5, 5.41) is 26.2. The fourth-order valence-corrected chi connectivity index (χ4v) is 3.06. The average Bonchev–Trinajstić information content (AvgIpc) is 3.27. The highest BCUT2D eigenvalue weighted by Gasteiger charge is 2.20. The molecule has 0 aliphatic carbocycles. The van der Waals surface area contributed by atoms with Gasteiger partial charge in [0.2, 0.25) is 11.6 Å². The van der Waals surface area contributed by atoms with Crippen molar-refractivity contribution in [3.05, 3.63) is 59.1 Å². The fraction of sp³-hybridized carbons (Fsp3) is 0. The molecular formula is C13H9ClN6O4S. The Hall–Kier alpha value is -3.05. The van der Waals surface area contributed by atoms with Gasteiger partial charge >= 0.3 is 0 Å². The van der Waals surface area contributed by atoms with E-state index in [1.807, 2.05) is 0 Å². The maximum Gasteiger partial charge on any atom is 0.282 e. The number of aliphatic hydroxyl groups excluding tert-OH is 1. The number of ketones is 1. The second-order valence-electron chi connectivity index (χ2n) is 4.66. The molecule has 0 unspecified atom stereocenters. The van der Waals surface area contributed by atoms with Gasteiger partial charge in [0, 0.05) is 17.3 Å². The minimum Gasteiger partial charge on any atom is -0.504 e. The number of benzene rings is 1. The first-order valence-corrected chi connectivity index (χ1v) is 8.45. The van der Waals surface area contributed by atoms with Crippen LogP contribution in [-0.4, -0.2) is 49.1 Å². The topological polar surface area (TPSA) is 144 Å². The normalized spacial score (nSPS) is 12.3. The lowest BCUT2D eigenvalue weighted by atomic mass is 10.2. The summed E-state index contributed by atoms with van der Waals surface area (Å²) in [5.74, 6) is -1.44. The molecule has 0 radical (unpaired) electrons. The van der Waals surface area contributed by atoms with E-state index in [9.17, 15) is 18.3 Å². The zero-order chi connectivity index (χ0) is 18.0. The molecule has 0 spiro atoms.